The Hall–Kier alpha value is -2.71. The number of amides is 1. The molecule has 0 aliphatic carbocycles. The van der Waals surface area contributed by atoms with Crippen LogP contribution in [0.3, 0.4) is 0 Å². The number of carbonyl (C=O) groups excluding carboxylic acids is 1. The van der Waals surface area contributed by atoms with Gasteiger partial charge in [-0.25, -0.2) is 4.98 Å². The lowest BCUT2D eigenvalue weighted by Crippen LogP contribution is -2.49. The summed E-state index contributed by atoms with van der Waals surface area (Å²) >= 11 is 0. The number of aromatic nitrogens is 2. The highest BCUT2D eigenvalue weighted by Gasteiger charge is 2.34. The van der Waals surface area contributed by atoms with Crippen molar-refractivity contribution in [3.8, 4) is 0 Å². The van der Waals surface area contributed by atoms with E-state index in [9.17, 15) is 14.7 Å². The summed E-state index contributed by atoms with van der Waals surface area (Å²) in [4.78, 5) is 33.9. The lowest BCUT2D eigenvalue weighted by molar-refractivity contribution is -0.135. The number of nitrogens with zero attached hydrogens (tertiary/aromatic N) is 4. The Kier molecular flexibility index (Phi) is 8.00. The molecule has 0 radical (unpaired) electrons. The number of likely N-dealkylation sites (tertiary alicyclic amines) is 2. The maximum absolute atomic E-state index is 12.7. The Labute approximate surface area is 201 Å². The van der Waals surface area contributed by atoms with E-state index in [2.05, 4.69) is 22.1 Å². The summed E-state index contributed by atoms with van der Waals surface area (Å²) in [5.41, 5.74) is -0.0417. The molecule has 2 fully saturated rings. The van der Waals surface area contributed by atoms with Gasteiger partial charge in [0.2, 0.25) is 5.91 Å². The number of nitrogens with one attached hydrogen (secondary N) is 1. The molecule has 2 aliphatic heterocycles. The molecule has 0 unspecified atom stereocenters. The van der Waals surface area contributed by atoms with Gasteiger partial charge in [0, 0.05) is 38.2 Å². The fourth-order valence-electron chi connectivity index (χ4n) is 4.98. The molecule has 1 amide bonds. The number of rotatable bonds is 9. The predicted molar refractivity (Wildman–Crippen MR) is 133 cm³/mol. The van der Waals surface area contributed by atoms with Crippen LogP contribution in [0.2, 0.25) is 0 Å². The molecule has 8 nitrogen and oxygen atoms in total. The minimum atomic E-state index is -1.01. The third-order valence-corrected chi connectivity index (χ3v) is 6.99. The van der Waals surface area contributed by atoms with Gasteiger partial charge in [-0.2, -0.15) is 0 Å². The van der Waals surface area contributed by atoms with Gasteiger partial charge in [-0.15, -0.1) is 0 Å². The highest BCUT2D eigenvalue weighted by Crippen LogP contribution is 2.24. The van der Waals surface area contributed by atoms with Crippen LogP contribution in [0.4, 0.5) is 5.82 Å². The SMILES string of the molecule is C[C@H](CN1CCCC1)Nc1cc(=O)n(CC2(O)CCN(C(=O)CCc3ccccc3)CC2)cn1. The normalized spacial score (nSPS) is 19.2. The molecule has 2 N–H and O–H groups in total. The van der Waals surface area contributed by atoms with Crippen molar-refractivity contribution in [3.63, 3.8) is 0 Å². The van der Waals surface area contributed by atoms with Gasteiger partial charge in [0.15, 0.2) is 0 Å². The molecule has 2 saturated heterocycles. The number of hydrogen-bond donors (Lipinski definition) is 2. The van der Waals surface area contributed by atoms with Crippen LogP contribution in [0.5, 0.6) is 0 Å². The van der Waals surface area contributed by atoms with Crippen LogP contribution in [-0.4, -0.2) is 74.7 Å². The van der Waals surface area contributed by atoms with Crippen LogP contribution < -0.4 is 10.9 Å². The van der Waals surface area contributed by atoms with E-state index < -0.39 is 5.60 Å². The highest BCUT2D eigenvalue weighted by molar-refractivity contribution is 5.76. The van der Waals surface area contributed by atoms with E-state index in [1.807, 2.05) is 35.2 Å². The first-order chi connectivity index (χ1) is 16.4. The zero-order valence-electron chi connectivity index (χ0n) is 20.2. The molecule has 2 aromatic rings. The van der Waals surface area contributed by atoms with Crippen LogP contribution in [-0.2, 0) is 17.8 Å². The molecular weight excluding hydrogens is 430 g/mol. The number of aliphatic hydroxyl groups is 1. The Morgan fingerprint density at radius 2 is 1.85 bits per heavy atom. The molecule has 0 saturated carbocycles. The third kappa shape index (κ3) is 6.67. The summed E-state index contributed by atoms with van der Waals surface area (Å²) in [7, 11) is 0. The molecule has 184 valence electrons. The predicted octanol–water partition coefficient (Wildman–Crippen LogP) is 2.13. The lowest BCUT2D eigenvalue weighted by atomic mass is 9.91. The molecular formula is C26H37N5O3. The van der Waals surface area contributed by atoms with Crippen LogP contribution in [0, 0.1) is 0 Å². The van der Waals surface area contributed by atoms with Crippen molar-refractivity contribution >= 4 is 11.7 Å². The van der Waals surface area contributed by atoms with E-state index in [1.165, 1.54) is 29.8 Å². The molecule has 4 rings (SSSR count). The summed E-state index contributed by atoms with van der Waals surface area (Å²) < 4.78 is 1.48. The molecule has 0 bridgehead atoms. The molecule has 34 heavy (non-hydrogen) atoms. The van der Waals surface area contributed by atoms with E-state index in [1.54, 1.807) is 0 Å². The van der Waals surface area contributed by atoms with Gasteiger partial charge >= 0.3 is 0 Å². The monoisotopic (exact) mass is 467 g/mol. The Bertz CT molecular complexity index is 995. The topological polar surface area (TPSA) is 90.7 Å². The smallest absolute Gasteiger partial charge is 0.255 e. The summed E-state index contributed by atoms with van der Waals surface area (Å²) in [6, 6.07) is 11.7. The molecule has 1 aromatic heterocycles. The highest BCUT2D eigenvalue weighted by atomic mass is 16.3. The second-order valence-electron chi connectivity index (χ2n) is 9.88. The third-order valence-electron chi connectivity index (χ3n) is 6.99. The minimum absolute atomic E-state index is 0.114. The van der Waals surface area contributed by atoms with Gasteiger partial charge in [-0.1, -0.05) is 30.3 Å². The zero-order chi connectivity index (χ0) is 24.0. The van der Waals surface area contributed by atoms with E-state index in [0.29, 0.717) is 38.2 Å². The van der Waals surface area contributed by atoms with Crippen molar-refractivity contribution < 1.29 is 9.90 Å². The van der Waals surface area contributed by atoms with Crippen LogP contribution in [0.1, 0.15) is 44.6 Å². The molecule has 0 spiro atoms. The Morgan fingerprint density at radius 3 is 2.53 bits per heavy atom. The van der Waals surface area contributed by atoms with Crippen molar-refractivity contribution in [1.29, 1.82) is 0 Å². The van der Waals surface area contributed by atoms with Crippen LogP contribution in [0.15, 0.2) is 47.5 Å². The second kappa shape index (κ2) is 11.1. The molecule has 1 aromatic carbocycles. The number of benzene rings is 1. The van der Waals surface area contributed by atoms with Crippen molar-refractivity contribution in [1.82, 2.24) is 19.4 Å². The summed E-state index contributed by atoms with van der Waals surface area (Å²) in [6.07, 6.45) is 6.11. The quantitative estimate of drug-likeness (QED) is 0.587. The minimum Gasteiger partial charge on any atom is -0.388 e. The van der Waals surface area contributed by atoms with Crippen molar-refractivity contribution in [2.45, 2.75) is 63.6 Å². The average Bonchev–Trinajstić information content (AvgIpc) is 3.33. The van der Waals surface area contributed by atoms with E-state index in [0.717, 1.165) is 31.6 Å². The number of aryl methyl sites for hydroxylation is 1. The zero-order valence-corrected chi connectivity index (χ0v) is 20.2. The van der Waals surface area contributed by atoms with E-state index >= 15 is 0 Å². The van der Waals surface area contributed by atoms with Gasteiger partial charge in [0.05, 0.1) is 18.5 Å². The van der Waals surface area contributed by atoms with Crippen LogP contribution >= 0.6 is 0 Å². The first-order valence-electron chi connectivity index (χ1n) is 12.5. The summed E-state index contributed by atoms with van der Waals surface area (Å²) in [5.74, 6) is 0.682. The van der Waals surface area contributed by atoms with Crippen molar-refractivity contribution in [2.24, 2.45) is 0 Å². The first-order valence-corrected chi connectivity index (χ1v) is 12.5. The fraction of sp³-hybridized carbons (Fsp3) is 0.577. The standard InChI is InChI=1S/C26H37N5O3/c1-21(18-29-13-5-6-14-29)28-23-17-25(33)31(20-27-23)19-26(34)11-15-30(16-12-26)24(32)10-9-22-7-3-2-4-8-22/h2-4,7-8,17,20-21,28,34H,5-6,9-16,18-19H2,1H3/t21-/m1/s1. The molecule has 8 heteroatoms. The Balaban J connectivity index is 1.25. The number of hydrogen-bond acceptors (Lipinski definition) is 6. The molecule has 1 atom stereocenters. The maximum Gasteiger partial charge on any atom is 0.255 e. The Morgan fingerprint density at radius 1 is 1.15 bits per heavy atom. The van der Waals surface area contributed by atoms with E-state index in [-0.39, 0.29) is 24.1 Å². The van der Waals surface area contributed by atoms with Crippen LogP contribution in [0.25, 0.3) is 0 Å². The van der Waals surface area contributed by atoms with Gasteiger partial charge in [0.1, 0.15) is 5.82 Å². The average molecular weight is 468 g/mol. The largest absolute Gasteiger partial charge is 0.388 e. The lowest BCUT2D eigenvalue weighted by Gasteiger charge is -2.38. The first kappa shape index (κ1) is 24.4. The second-order valence-corrected chi connectivity index (χ2v) is 9.88. The molecule has 2 aliphatic rings. The summed E-state index contributed by atoms with van der Waals surface area (Å²) in [6.45, 7) is 6.49. The van der Waals surface area contributed by atoms with E-state index in [4.69, 9.17) is 0 Å². The van der Waals surface area contributed by atoms with Crippen molar-refractivity contribution in [3.05, 3.63) is 58.6 Å². The van der Waals surface area contributed by atoms with Gasteiger partial charge in [0.25, 0.3) is 5.56 Å². The fourth-order valence-corrected chi connectivity index (χ4v) is 4.98. The van der Waals surface area contributed by atoms with Crippen molar-refractivity contribution in [2.75, 3.05) is 38.0 Å². The van der Waals surface area contributed by atoms with Gasteiger partial charge in [-0.05, 0) is 57.7 Å². The number of piperidine rings is 1. The van der Waals surface area contributed by atoms with Gasteiger partial charge in [-0.3, -0.25) is 14.2 Å². The maximum atomic E-state index is 12.7. The number of carbonyl (C=O) groups is 1. The van der Waals surface area contributed by atoms with Gasteiger partial charge < -0.3 is 20.2 Å². The summed E-state index contributed by atoms with van der Waals surface area (Å²) in [5, 5.41) is 14.4. The number of anilines is 1. The molecule has 3 heterocycles.